The Morgan fingerprint density at radius 3 is 3.08 bits per heavy atom. The summed E-state index contributed by atoms with van der Waals surface area (Å²) in [6.07, 6.45) is 0. The van der Waals surface area contributed by atoms with E-state index in [0.29, 0.717) is 6.54 Å². The van der Waals surface area contributed by atoms with Gasteiger partial charge in [-0.3, -0.25) is 0 Å². The molecule has 2 N–H and O–H groups in total. The van der Waals surface area contributed by atoms with Gasteiger partial charge in [0, 0.05) is 11.4 Å². The summed E-state index contributed by atoms with van der Waals surface area (Å²) in [6, 6.07) is 8.18. The first-order valence-electron chi connectivity index (χ1n) is 3.80. The van der Waals surface area contributed by atoms with E-state index in [4.69, 9.17) is 5.73 Å². The maximum absolute atomic E-state index is 5.46. The molecular formula is C9H10N2S. The molecule has 1 heterocycles. The summed E-state index contributed by atoms with van der Waals surface area (Å²) in [6.45, 7) is 0.615. The van der Waals surface area contributed by atoms with Crippen molar-refractivity contribution in [3.8, 4) is 0 Å². The van der Waals surface area contributed by atoms with Crippen molar-refractivity contribution in [2.45, 2.75) is 4.90 Å². The second kappa shape index (κ2) is 3.21. The molecule has 62 valence electrons. The Kier molecular flexibility index (Phi) is 2.06. The van der Waals surface area contributed by atoms with E-state index < -0.39 is 0 Å². The Morgan fingerprint density at radius 2 is 2.25 bits per heavy atom. The second-order valence-electron chi connectivity index (χ2n) is 2.48. The summed E-state index contributed by atoms with van der Waals surface area (Å²) >= 11 is 0. The predicted octanol–water partition coefficient (Wildman–Crippen LogP) is 1.75. The number of rotatable bonds is 1. The standard InChI is InChI=1S/C9H10N2S/c10-5-6-12-7-11-8-3-1-2-4-9(8)12/h1-4,6-7H,5,10H2. The monoisotopic (exact) mass is 178 g/mol. The van der Waals surface area contributed by atoms with E-state index in [1.165, 1.54) is 4.90 Å². The molecule has 0 spiro atoms. The number of aliphatic imine (C=N–C) groups is 1. The van der Waals surface area contributed by atoms with E-state index in [0.717, 1.165) is 5.69 Å². The highest BCUT2D eigenvalue weighted by Gasteiger charge is 2.07. The van der Waals surface area contributed by atoms with Gasteiger partial charge < -0.3 is 5.73 Å². The normalized spacial score (nSPS) is 19.9. The minimum absolute atomic E-state index is 0.0561. The lowest BCUT2D eigenvalue weighted by molar-refractivity contribution is 1.36. The van der Waals surface area contributed by atoms with Gasteiger partial charge in [-0.25, -0.2) is 4.99 Å². The van der Waals surface area contributed by atoms with E-state index in [-0.39, 0.29) is 10.5 Å². The van der Waals surface area contributed by atoms with E-state index in [1.54, 1.807) is 0 Å². The Balaban J connectivity index is 2.49. The molecule has 1 aliphatic rings. The lowest BCUT2D eigenvalue weighted by Crippen LogP contribution is -1.99. The van der Waals surface area contributed by atoms with Gasteiger partial charge in [0.05, 0.1) is 11.2 Å². The minimum atomic E-state index is 0.0561. The highest BCUT2D eigenvalue weighted by atomic mass is 32.2. The van der Waals surface area contributed by atoms with Crippen LogP contribution in [-0.2, 0) is 0 Å². The molecule has 0 fully saturated rings. The fraction of sp³-hybridized carbons (Fsp3) is 0.111. The van der Waals surface area contributed by atoms with Crippen molar-refractivity contribution >= 4 is 27.1 Å². The van der Waals surface area contributed by atoms with Gasteiger partial charge in [0.1, 0.15) is 0 Å². The lowest BCUT2D eigenvalue weighted by Gasteiger charge is -1.97. The third-order valence-electron chi connectivity index (χ3n) is 1.70. The number of benzene rings is 1. The fourth-order valence-corrected chi connectivity index (χ4v) is 2.58. The van der Waals surface area contributed by atoms with E-state index in [1.807, 2.05) is 23.7 Å². The van der Waals surface area contributed by atoms with Crippen LogP contribution in [0.5, 0.6) is 0 Å². The van der Waals surface area contributed by atoms with Crippen LogP contribution >= 0.6 is 10.5 Å². The summed E-state index contributed by atoms with van der Waals surface area (Å²) in [4.78, 5) is 5.59. The second-order valence-corrected chi connectivity index (χ2v) is 4.20. The molecule has 1 aliphatic heterocycles. The van der Waals surface area contributed by atoms with Crippen molar-refractivity contribution in [3.63, 3.8) is 0 Å². The van der Waals surface area contributed by atoms with Crippen molar-refractivity contribution in [1.82, 2.24) is 0 Å². The van der Waals surface area contributed by atoms with Crippen molar-refractivity contribution in [2.75, 3.05) is 6.54 Å². The average Bonchev–Trinajstić information content (AvgIpc) is 2.50. The Labute approximate surface area is 74.1 Å². The Morgan fingerprint density at radius 1 is 1.42 bits per heavy atom. The molecule has 0 aromatic heterocycles. The highest BCUT2D eigenvalue weighted by molar-refractivity contribution is 8.26. The van der Waals surface area contributed by atoms with Crippen LogP contribution in [0.15, 0.2) is 34.2 Å². The van der Waals surface area contributed by atoms with Gasteiger partial charge in [0.2, 0.25) is 0 Å². The number of nitrogens with two attached hydrogens (primary N) is 1. The third kappa shape index (κ3) is 1.21. The molecule has 1 atom stereocenters. The zero-order chi connectivity index (χ0) is 8.39. The summed E-state index contributed by atoms with van der Waals surface area (Å²) in [5, 5.41) is 2.09. The van der Waals surface area contributed by atoms with Gasteiger partial charge >= 0.3 is 0 Å². The first kappa shape index (κ1) is 7.71. The van der Waals surface area contributed by atoms with Crippen LogP contribution in [0.3, 0.4) is 0 Å². The molecule has 0 aliphatic carbocycles. The van der Waals surface area contributed by atoms with Gasteiger partial charge in [0.25, 0.3) is 0 Å². The van der Waals surface area contributed by atoms with Gasteiger partial charge in [0.15, 0.2) is 0 Å². The molecule has 2 rings (SSSR count). The molecule has 0 saturated heterocycles. The predicted molar refractivity (Wildman–Crippen MR) is 55.6 cm³/mol. The first-order valence-corrected chi connectivity index (χ1v) is 5.15. The van der Waals surface area contributed by atoms with Gasteiger partial charge in [-0.2, -0.15) is 0 Å². The van der Waals surface area contributed by atoms with Crippen LogP contribution in [0.4, 0.5) is 5.69 Å². The molecule has 3 heteroatoms. The molecule has 0 amide bonds. The van der Waals surface area contributed by atoms with Crippen molar-refractivity contribution in [1.29, 1.82) is 0 Å². The van der Waals surface area contributed by atoms with Crippen LogP contribution in [0.25, 0.3) is 0 Å². The maximum Gasteiger partial charge on any atom is 0.0770 e. The molecule has 1 aromatic carbocycles. The van der Waals surface area contributed by atoms with Gasteiger partial charge in [-0.1, -0.05) is 12.1 Å². The Hall–Kier alpha value is -0.930. The van der Waals surface area contributed by atoms with Crippen LogP contribution in [0.1, 0.15) is 0 Å². The third-order valence-corrected chi connectivity index (χ3v) is 3.44. The zero-order valence-electron chi connectivity index (χ0n) is 6.60. The molecule has 0 saturated carbocycles. The Bertz CT molecular complexity index is 355. The summed E-state index contributed by atoms with van der Waals surface area (Å²) in [7, 11) is 0.0561. The minimum Gasteiger partial charge on any atom is -0.327 e. The fourth-order valence-electron chi connectivity index (χ4n) is 1.17. The zero-order valence-corrected chi connectivity index (χ0v) is 7.42. The first-order chi connectivity index (χ1) is 5.92. The number of hydrogen-bond donors (Lipinski definition) is 1. The molecule has 1 aromatic rings. The highest BCUT2D eigenvalue weighted by Crippen LogP contribution is 2.38. The largest absolute Gasteiger partial charge is 0.327 e. The topological polar surface area (TPSA) is 38.4 Å². The number of fused-ring (bicyclic) bond motifs is 1. The van der Waals surface area contributed by atoms with Crippen LogP contribution in [-0.4, -0.2) is 17.5 Å². The van der Waals surface area contributed by atoms with Crippen molar-refractivity contribution < 1.29 is 0 Å². The molecular weight excluding hydrogens is 168 g/mol. The molecule has 0 radical (unpaired) electrons. The van der Waals surface area contributed by atoms with Crippen LogP contribution < -0.4 is 5.73 Å². The van der Waals surface area contributed by atoms with Crippen molar-refractivity contribution in [2.24, 2.45) is 10.7 Å². The molecule has 2 nitrogen and oxygen atoms in total. The van der Waals surface area contributed by atoms with Crippen molar-refractivity contribution in [3.05, 3.63) is 24.3 Å². The average molecular weight is 178 g/mol. The smallest absolute Gasteiger partial charge is 0.0770 e. The quantitative estimate of drug-likeness (QED) is 0.654. The van der Waals surface area contributed by atoms with E-state index in [2.05, 4.69) is 16.4 Å². The van der Waals surface area contributed by atoms with E-state index in [9.17, 15) is 0 Å². The summed E-state index contributed by atoms with van der Waals surface area (Å²) in [5.41, 5.74) is 8.51. The maximum atomic E-state index is 5.46. The number of hydrogen-bond acceptors (Lipinski definition) is 2. The number of para-hydroxylation sites is 1. The molecule has 0 bridgehead atoms. The van der Waals surface area contributed by atoms with Gasteiger partial charge in [-0.05, 0) is 17.5 Å². The van der Waals surface area contributed by atoms with E-state index >= 15 is 0 Å². The molecule has 12 heavy (non-hydrogen) atoms. The molecule has 1 unspecified atom stereocenters. The summed E-state index contributed by atoms with van der Waals surface area (Å²) < 4.78 is 0. The SMILES string of the molecule is NC/C=S1\C=Nc2ccccc21. The van der Waals surface area contributed by atoms with Crippen LogP contribution in [0.2, 0.25) is 0 Å². The number of nitrogens with zero attached hydrogens (tertiary/aromatic N) is 1. The van der Waals surface area contributed by atoms with Gasteiger partial charge in [-0.15, -0.1) is 10.5 Å². The summed E-state index contributed by atoms with van der Waals surface area (Å²) in [5.74, 6) is 0. The van der Waals surface area contributed by atoms with Crippen LogP contribution in [0, 0.1) is 0 Å². The lowest BCUT2D eigenvalue weighted by atomic mass is 10.3.